The molecule has 5 nitrogen and oxygen atoms in total. The molecule has 1 amide bonds. The standard InChI is InChI=1S/C17H24N4O/c1-4-21-13(2)10-16(14(21)3)17(22)19-8-5-6-15(11-19)20-9-7-18-12-20/h7,9-10,12,15H,4-6,8,11H2,1-3H3/t15-/m0/s1. The highest BCUT2D eigenvalue weighted by Crippen LogP contribution is 2.24. The molecule has 0 aliphatic carbocycles. The predicted octanol–water partition coefficient (Wildman–Crippen LogP) is 2.80. The van der Waals surface area contributed by atoms with Gasteiger partial charge in [0.05, 0.1) is 17.9 Å². The Labute approximate surface area is 131 Å². The van der Waals surface area contributed by atoms with Crippen molar-refractivity contribution in [2.75, 3.05) is 13.1 Å². The molecule has 3 rings (SSSR count). The number of nitrogens with zero attached hydrogens (tertiary/aromatic N) is 4. The first kappa shape index (κ1) is 14.9. The van der Waals surface area contributed by atoms with Crippen LogP contribution in [0.25, 0.3) is 0 Å². The fourth-order valence-corrected chi connectivity index (χ4v) is 3.54. The molecule has 1 aliphatic heterocycles. The molecule has 0 radical (unpaired) electrons. The Morgan fingerprint density at radius 2 is 2.23 bits per heavy atom. The minimum Gasteiger partial charge on any atom is -0.349 e. The van der Waals surface area contributed by atoms with Crippen LogP contribution in [-0.4, -0.2) is 38.0 Å². The lowest BCUT2D eigenvalue weighted by Crippen LogP contribution is -2.40. The molecule has 1 atom stereocenters. The van der Waals surface area contributed by atoms with Gasteiger partial charge in [0, 0.05) is 43.4 Å². The van der Waals surface area contributed by atoms with Crippen molar-refractivity contribution < 1.29 is 4.79 Å². The van der Waals surface area contributed by atoms with Crippen molar-refractivity contribution >= 4 is 5.91 Å². The number of likely N-dealkylation sites (tertiary alicyclic amines) is 1. The molecule has 1 aliphatic rings. The highest BCUT2D eigenvalue weighted by atomic mass is 16.2. The summed E-state index contributed by atoms with van der Waals surface area (Å²) < 4.78 is 4.32. The van der Waals surface area contributed by atoms with Gasteiger partial charge in [0.25, 0.3) is 5.91 Å². The van der Waals surface area contributed by atoms with Crippen LogP contribution in [0.15, 0.2) is 24.8 Å². The quantitative estimate of drug-likeness (QED) is 0.875. The molecule has 0 spiro atoms. The van der Waals surface area contributed by atoms with Crippen molar-refractivity contribution in [3.8, 4) is 0 Å². The number of carbonyl (C=O) groups excluding carboxylic acids is 1. The zero-order valence-corrected chi connectivity index (χ0v) is 13.6. The van der Waals surface area contributed by atoms with Crippen molar-refractivity contribution in [2.45, 2.75) is 46.2 Å². The van der Waals surface area contributed by atoms with Crippen LogP contribution in [0.5, 0.6) is 0 Å². The highest BCUT2D eigenvalue weighted by molar-refractivity contribution is 5.95. The number of hydrogen-bond acceptors (Lipinski definition) is 2. The lowest BCUT2D eigenvalue weighted by molar-refractivity contribution is 0.0678. The number of amides is 1. The molecule has 0 N–H and O–H groups in total. The summed E-state index contributed by atoms with van der Waals surface area (Å²) in [5.41, 5.74) is 3.09. The van der Waals surface area contributed by atoms with E-state index in [0.717, 1.165) is 49.4 Å². The Bertz CT molecular complexity index is 657. The van der Waals surface area contributed by atoms with E-state index in [1.807, 2.05) is 30.4 Å². The normalized spacial score (nSPS) is 18.7. The largest absolute Gasteiger partial charge is 0.349 e. The topological polar surface area (TPSA) is 43.1 Å². The summed E-state index contributed by atoms with van der Waals surface area (Å²) in [5, 5.41) is 0. The van der Waals surface area contributed by atoms with Gasteiger partial charge in [-0.1, -0.05) is 0 Å². The lowest BCUT2D eigenvalue weighted by atomic mass is 10.0. The molecular formula is C17H24N4O. The van der Waals surface area contributed by atoms with E-state index in [1.54, 1.807) is 6.20 Å². The van der Waals surface area contributed by atoms with Crippen LogP contribution in [0.1, 0.15) is 47.6 Å². The van der Waals surface area contributed by atoms with Crippen LogP contribution >= 0.6 is 0 Å². The third-order valence-electron chi connectivity index (χ3n) is 4.75. The SMILES string of the molecule is CCn1c(C)cc(C(=O)N2CCC[C@H](n3ccnc3)C2)c1C. The molecule has 0 unspecified atom stereocenters. The minimum atomic E-state index is 0.164. The van der Waals surface area contributed by atoms with Crippen LogP contribution < -0.4 is 0 Å². The van der Waals surface area contributed by atoms with Gasteiger partial charge < -0.3 is 14.0 Å². The zero-order valence-electron chi connectivity index (χ0n) is 13.6. The Morgan fingerprint density at radius 1 is 1.41 bits per heavy atom. The molecule has 2 aromatic rings. The molecule has 1 saturated heterocycles. The van der Waals surface area contributed by atoms with E-state index < -0.39 is 0 Å². The number of hydrogen-bond donors (Lipinski definition) is 0. The number of aryl methyl sites for hydroxylation is 1. The molecule has 1 fully saturated rings. The first-order chi connectivity index (χ1) is 10.6. The third kappa shape index (κ3) is 2.56. The van der Waals surface area contributed by atoms with Gasteiger partial charge in [-0.15, -0.1) is 0 Å². The van der Waals surface area contributed by atoms with Gasteiger partial charge in [-0.3, -0.25) is 4.79 Å². The van der Waals surface area contributed by atoms with Crippen LogP contribution in [0.4, 0.5) is 0 Å². The maximum absolute atomic E-state index is 12.9. The number of carbonyl (C=O) groups is 1. The average Bonchev–Trinajstić information content (AvgIpc) is 3.15. The Kier molecular flexibility index (Phi) is 4.05. The second kappa shape index (κ2) is 5.99. The van der Waals surface area contributed by atoms with Gasteiger partial charge in [-0.05, 0) is 39.7 Å². The van der Waals surface area contributed by atoms with E-state index in [4.69, 9.17) is 0 Å². The molecule has 118 valence electrons. The summed E-state index contributed by atoms with van der Waals surface area (Å²) >= 11 is 0. The molecule has 0 bridgehead atoms. The first-order valence-corrected chi connectivity index (χ1v) is 8.05. The number of aromatic nitrogens is 3. The minimum absolute atomic E-state index is 0.164. The van der Waals surface area contributed by atoms with E-state index in [0.29, 0.717) is 6.04 Å². The van der Waals surface area contributed by atoms with Crippen molar-refractivity contribution in [3.63, 3.8) is 0 Å². The third-order valence-corrected chi connectivity index (χ3v) is 4.75. The number of piperidine rings is 1. The van der Waals surface area contributed by atoms with Crippen molar-refractivity contribution in [2.24, 2.45) is 0 Å². The molecule has 22 heavy (non-hydrogen) atoms. The summed E-state index contributed by atoms with van der Waals surface area (Å²) in [6.07, 6.45) is 7.79. The Balaban J connectivity index is 1.80. The molecule has 3 heterocycles. The van der Waals surface area contributed by atoms with Gasteiger partial charge in [0.2, 0.25) is 0 Å². The van der Waals surface area contributed by atoms with E-state index in [9.17, 15) is 4.79 Å². The lowest BCUT2D eigenvalue weighted by Gasteiger charge is -2.33. The Morgan fingerprint density at radius 3 is 2.86 bits per heavy atom. The van der Waals surface area contributed by atoms with Gasteiger partial charge in [0.1, 0.15) is 0 Å². The zero-order chi connectivity index (χ0) is 15.7. The second-order valence-corrected chi connectivity index (χ2v) is 6.09. The van der Waals surface area contributed by atoms with Gasteiger partial charge in [-0.25, -0.2) is 4.98 Å². The summed E-state index contributed by atoms with van der Waals surface area (Å²) in [4.78, 5) is 19.0. The van der Waals surface area contributed by atoms with Crippen molar-refractivity contribution in [1.29, 1.82) is 0 Å². The van der Waals surface area contributed by atoms with Crippen LogP contribution in [0.2, 0.25) is 0 Å². The average molecular weight is 300 g/mol. The van der Waals surface area contributed by atoms with Crippen LogP contribution in [-0.2, 0) is 6.54 Å². The maximum Gasteiger partial charge on any atom is 0.255 e. The number of rotatable bonds is 3. The maximum atomic E-state index is 12.9. The van der Waals surface area contributed by atoms with Gasteiger partial charge in [-0.2, -0.15) is 0 Å². The van der Waals surface area contributed by atoms with E-state index in [2.05, 4.69) is 28.0 Å². The fourth-order valence-electron chi connectivity index (χ4n) is 3.54. The molecule has 2 aromatic heterocycles. The molecular weight excluding hydrogens is 276 g/mol. The monoisotopic (exact) mass is 300 g/mol. The molecule has 0 saturated carbocycles. The summed E-state index contributed by atoms with van der Waals surface area (Å²) in [6.45, 7) is 8.75. The van der Waals surface area contributed by atoms with Gasteiger partial charge >= 0.3 is 0 Å². The van der Waals surface area contributed by atoms with Crippen LogP contribution in [0, 0.1) is 13.8 Å². The van der Waals surface area contributed by atoms with Crippen molar-refractivity contribution in [1.82, 2.24) is 19.0 Å². The van der Waals surface area contributed by atoms with E-state index in [1.165, 1.54) is 0 Å². The van der Waals surface area contributed by atoms with Crippen molar-refractivity contribution in [3.05, 3.63) is 41.7 Å². The summed E-state index contributed by atoms with van der Waals surface area (Å²) in [7, 11) is 0. The van der Waals surface area contributed by atoms with E-state index >= 15 is 0 Å². The summed E-state index contributed by atoms with van der Waals surface area (Å²) in [5.74, 6) is 0.164. The Hall–Kier alpha value is -2.04. The molecule has 5 heteroatoms. The fraction of sp³-hybridized carbons (Fsp3) is 0.529. The number of imidazole rings is 1. The van der Waals surface area contributed by atoms with Crippen LogP contribution in [0.3, 0.4) is 0 Å². The van der Waals surface area contributed by atoms with E-state index in [-0.39, 0.29) is 5.91 Å². The highest BCUT2D eigenvalue weighted by Gasteiger charge is 2.27. The predicted molar refractivity (Wildman–Crippen MR) is 86.0 cm³/mol. The second-order valence-electron chi connectivity index (χ2n) is 6.09. The molecule has 0 aromatic carbocycles. The first-order valence-electron chi connectivity index (χ1n) is 8.05. The summed E-state index contributed by atoms with van der Waals surface area (Å²) in [6, 6.07) is 2.37. The smallest absolute Gasteiger partial charge is 0.255 e. The van der Waals surface area contributed by atoms with Gasteiger partial charge in [0.15, 0.2) is 0 Å².